The van der Waals surface area contributed by atoms with Crippen molar-refractivity contribution in [2.24, 2.45) is 11.7 Å². The van der Waals surface area contributed by atoms with Gasteiger partial charge in [-0.1, -0.05) is 17.7 Å². The Morgan fingerprint density at radius 2 is 1.93 bits per heavy atom. The number of amides is 2. The minimum absolute atomic E-state index is 0.147. The van der Waals surface area contributed by atoms with E-state index in [1.807, 2.05) is 18.2 Å². The Balaban J connectivity index is 1.66. The molecule has 2 heterocycles. The van der Waals surface area contributed by atoms with Crippen molar-refractivity contribution in [3.63, 3.8) is 0 Å². The number of hydrogen-bond acceptors (Lipinski definition) is 4. The number of nitrogens with two attached hydrogens (primary N) is 1. The Morgan fingerprint density at radius 3 is 2.66 bits per heavy atom. The molecular weight excluding hydrogens is 388 g/mol. The third-order valence-electron chi connectivity index (χ3n) is 5.88. The van der Waals surface area contributed by atoms with Crippen LogP contribution in [0.1, 0.15) is 41.7 Å². The standard InChI is InChI=1S/C22H25ClN4O2/c23-15-6-9-18-19(11-15)26-21(28)20(12-17-3-1-2-10-25-17)27(22(18)29)13-14-4-7-16(24)8-5-14/h1-3,6,9-11,14,16,20H,4-5,7-8,12-13,24H2,(H,26,28)/t14-,16-,20-/m1/s1. The van der Waals surface area contributed by atoms with Crippen LogP contribution in [0.2, 0.25) is 5.02 Å². The quantitative estimate of drug-likeness (QED) is 0.806. The SMILES string of the molecule is N[C@H]1CC[C@H](CN2C(=O)c3ccc(Cl)cc3NC(=O)[C@H]2Cc2ccccn2)CC1. The van der Waals surface area contributed by atoms with E-state index in [1.165, 1.54) is 0 Å². The highest BCUT2D eigenvalue weighted by molar-refractivity contribution is 6.31. The van der Waals surface area contributed by atoms with Gasteiger partial charge in [-0.25, -0.2) is 0 Å². The molecule has 7 heteroatoms. The van der Waals surface area contributed by atoms with Crippen LogP contribution >= 0.6 is 11.6 Å². The second-order valence-electron chi connectivity index (χ2n) is 7.96. The number of anilines is 1. The van der Waals surface area contributed by atoms with Crippen molar-refractivity contribution in [2.45, 2.75) is 44.2 Å². The summed E-state index contributed by atoms with van der Waals surface area (Å²) in [7, 11) is 0. The zero-order valence-corrected chi connectivity index (χ0v) is 16.9. The number of aromatic nitrogens is 1. The number of benzene rings is 1. The monoisotopic (exact) mass is 412 g/mol. The highest BCUT2D eigenvalue weighted by Crippen LogP contribution is 2.30. The lowest BCUT2D eigenvalue weighted by Gasteiger charge is -2.34. The molecule has 2 aromatic rings. The average molecular weight is 413 g/mol. The lowest BCUT2D eigenvalue weighted by Crippen LogP contribution is -2.49. The Kier molecular flexibility index (Phi) is 5.83. The Bertz CT molecular complexity index is 897. The molecular formula is C22H25ClN4O2. The van der Waals surface area contributed by atoms with Gasteiger partial charge in [-0.05, 0) is 61.9 Å². The number of fused-ring (bicyclic) bond motifs is 1. The summed E-state index contributed by atoms with van der Waals surface area (Å²) in [6.07, 6.45) is 5.91. The van der Waals surface area contributed by atoms with Gasteiger partial charge in [0.25, 0.3) is 5.91 Å². The molecule has 6 nitrogen and oxygen atoms in total. The molecule has 0 unspecified atom stereocenters. The molecule has 1 fully saturated rings. The summed E-state index contributed by atoms with van der Waals surface area (Å²) in [6, 6.07) is 10.2. The molecule has 29 heavy (non-hydrogen) atoms. The zero-order valence-electron chi connectivity index (χ0n) is 16.2. The van der Waals surface area contributed by atoms with E-state index < -0.39 is 6.04 Å². The van der Waals surface area contributed by atoms with Crippen LogP contribution in [0.3, 0.4) is 0 Å². The van der Waals surface area contributed by atoms with E-state index in [1.54, 1.807) is 29.3 Å². The molecule has 3 N–H and O–H groups in total. The summed E-state index contributed by atoms with van der Waals surface area (Å²) in [6.45, 7) is 0.540. The van der Waals surface area contributed by atoms with E-state index in [0.717, 1.165) is 31.4 Å². The van der Waals surface area contributed by atoms with Gasteiger partial charge in [0.05, 0.1) is 11.3 Å². The highest BCUT2D eigenvalue weighted by Gasteiger charge is 2.37. The predicted octanol–water partition coefficient (Wildman–Crippen LogP) is 3.26. The summed E-state index contributed by atoms with van der Waals surface area (Å²) in [5, 5.41) is 3.38. The van der Waals surface area contributed by atoms with Crippen LogP contribution in [-0.2, 0) is 11.2 Å². The molecule has 1 aromatic heterocycles. The maximum absolute atomic E-state index is 13.5. The van der Waals surface area contributed by atoms with Crippen LogP contribution in [0.5, 0.6) is 0 Å². The molecule has 2 amide bonds. The third kappa shape index (κ3) is 4.43. The maximum atomic E-state index is 13.5. The van der Waals surface area contributed by atoms with Crippen LogP contribution in [0.25, 0.3) is 0 Å². The molecule has 152 valence electrons. The first-order valence-electron chi connectivity index (χ1n) is 10.1. The van der Waals surface area contributed by atoms with Crippen LogP contribution in [0.4, 0.5) is 5.69 Å². The fourth-order valence-corrected chi connectivity index (χ4v) is 4.41. The number of halogens is 1. The average Bonchev–Trinajstić information content (AvgIpc) is 2.80. The molecule has 1 aliphatic heterocycles. The Labute approximate surface area is 175 Å². The summed E-state index contributed by atoms with van der Waals surface area (Å²) < 4.78 is 0. The third-order valence-corrected chi connectivity index (χ3v) is 6.12. The van der Waals surface area contributed by atoms with E-state index in [9.17, 15) is 9.59 Å². The topological polar surface area (TPSA) is 88.3 Å². The van der Waals surface area contributed by atoms with Gasteiger partial charge in [0.1, 0.15) is 6.04 Å². The molecule has 1 aliphatic carbocycles. The molecule has 0 radical (unpaired) electrons. The van der Waals surface area contributed by atoms with Gasteiger partial charge in [-0.15, -0.1) is 0 Å². The minimum atomic E-state index is -0.626. The van der Waals surface area contributed by atoms with Crippen molar-refractivity contribution in [3.8, 4) is 0 Å². The normalized spacial score (nSPS) is 24.6. The van der Waals surface area contributed by atoms with Crippen molar-refractivity contribution >= 4 is 29.1 Å². The lowest BCUT2D eigenvalue weighted by molar-refractivity contribution is -0.120. The van der Waals surface area contributed by atoms with Crippen molar-refractivity contribution in [3.05, 3.63) is 58.9 Å². The molecule has 1 atom stereocenters. The Morgan fingerprint density at radius 1 is 1.14 bits per heavy atom. The second kappa shape index (κ2) is 8.51. The smallest absolute Gasteiger partial charge is 0.256 e. The number of pyridine rings is 1. The number of nitrogens with zero attached hydrogens (tertiary/aromatic N) is 2. The number of carbonyl (C=O) groups is 2. The van der Waals surface area contributed by atoms with Gasteiger partial charge in [-0.2, -0.15) is 0 Å². The number of carbonyl (C=O) groups excluding carboxylic acids is 2. The Hall–Kier alpha value is -2.44. The molecule has 1 saturated carbocycles. The van der Waals surface area contributed by atoms with Crippen molar-refractivity contribution in [1.82, 2.24) is 9.88 Å². The molecule has 4 rings (SSSR count). The lowest BCUT2D eigenvalue weighted by atomic mass is 9.85. The van der Waals surface area contributed by atoms with E-state index in [2.05, 4.69) is 10.3 Å². The second-order valence-corrected chi connectivity index (χ2v) is 8.39. The minimum Gasteiger partial charge on any atom is -0.328 e. The van der Waals surface area contributed by atoms with Gasteiger partial charge in [-0.3, -0.25) is 14.6 Å². The van der Waals surface area contributed by atoms with Gasteiger partial charge in [0, 0.05) is 35.9 Å². The van der Waals surface area contributed by atoms with Crippen LogP contribution in [-0.4, -0.2) is 40.3 Å². The molecule has 1 aromatic carbocycles. The van der Waals surface area contributed by atoms with Crippen molar-refractivity contribution < 1.29 is 9.59 Å². The number of rotatable bonds is 4. The van der Waals surface area contributed by atoms with Gasteiger partial charge in [0.2, 0.25) is 5.91 Å². The van der Waals surface area contributed by atoms with E-state index >= 15 is 0 Å². The number of hydrogen-bond donors (Lipinski definition) is 2. The summed E-state index contributed by atoms with van der Waals surface area (Å²) >= 11 is 6.10. The fraction of sp³-hybridized carbons (Fsp3) is 0.409. The number of nitrogens with one attached hydrogen (secondary N) is 1. The summed E-state index contributed by atoms with van der Waals surface area (Å²) in [4.78, 5) is 32.7. The van der Waals surface area contributed by atoms with Gasteiger partial charge in [0.15, 0.2) is 0 Å². The molecule has 2 aliphatic rings. The van der Waals surface area contributed by atoms with Crippen LogP contribution < -0.4 is 11.1 Å². The largest absolute Gasteiger partial charge is 0.328 e. The van der Waals surface area contributed by atoms with Crippen molar-refractivity contribution in [2.75, 3.05) is 11.9 Å². The van der Waals surface area contributed by atoms with E-state index in [4.69, 9.17) is 17.3 Å². The summed E-state index contributed by atoms with van der Waals surface area (Å²) in [5.41, 5.74) is 7.76. The first-order valence-corrected chi connectivity index (χ1v) is 10.5. The fourth-order valence-electron chi connectivity index (χ4n) is 4.24. The maximum Gasteiger partial charge on any atom is 0.256 e. The van der Waals surface area contributed by atoms with Crippen LogP contribution in [0, 0.1) is 5.92 Å². The van der Waals surface area contributed by atoms with Gasteiger partial charge >= 0.3 is 0 Å². The highest BCUT2D eigenvalue weighted by atomic mass is 35.5. The van der Waals surface area contributed by atoms with Crippen molar-refractivity contribution in [1.29, 1.82) is 0 Å². The van der Waals surface area contributed by atoms with E-state index in [0.29, 0.717) is 35.2 Å². The first kappa shape index (κ1) is 19.9. The van der Waals surface area contributed by atoms with E-state index in [-0.39, 0.29) is 17.9 Å². The van der Waals surface area contributed by atoms with Crippen LogP contribution in [0.15, 0.2) is 42.6 Å². The molecule has 0 saturated heterocycles. The first-order chi connectivity index (χ1) is 14.0. The molecule has 0 bridgehead atoms. The predicted molar refractivity (Wildman–Crippen MR) is 113 cm³/mol. The molecule has 0 spiro atoms. The zero-order chi connectivity index (χ0) is 20.4. The van der Waals surface area contributed by atoms with Gasteiger partial charge < -0.3 is 16.0 Å². The summed E-state index contributed by atoms with van der Waals surface area (Å²) in [5.74, 6) is -0.0185.